The Hall–Kier alpha value is -2.49. The molecule has 2 aromatic carbocycles. The molecule has 2 rings (SSSR count). The monoisotopic (exact) mass is 398 g/mol. The Morgan fingerprint density at radius 2 is 1.92 bits per heavy atom. The molecular formula is C16H15ClN2O6S. The van der Waals surface area contributed by atoms with E-state index in [2.05, 4.69) is 4.72 Å². The predicted octanol–water partition coefficient (Wildman–Crippen LogP) is 2.66. The first-order valence-electron chi connectivity index (χ1n) is 7.42. The summed E-state index contributed by atoms with van der Waals surface area (Å²) in [7, 11) is -3.78. The zero-order valence-electron chi connectivity index (χ0n) is 13.4. The zero-order chi connectivity index (χ0) is 19.2. The number of esters is 1. The minimum absolute atomic E-state index is 0.00466. The van der Waals surface area contributed by atoms with Crippen LogP contribution in [-0.4, -0.2) is 25.9 Å². The molecule has 0 fully saturated rings. The van der Waals surface area contributed by atoms with Crippen LogP contribution in [0.3, 0.4) is 0 Å². The van der Waals surface area contributed by atoms with E-state index in [-0.39, 0.29) is 35.2 Å². The number of carbonyl (C=O) groups is 1. The zero-order valence-corrected chi connectivity index (χ0v) is 15.0. The summed E-state index contributed by atoms with van der Waals surface area (Å²) in [5.41, 5.74) is 0.361. The largest absolute Gasteiger partial charge is 0.461 e. The first-order valence-corrected chi connectivity index (χ1v) is 9.28. The summed E-state index contributed by atoms with van der Waals surface area (Å²) in [6.45, 7) is -0.288. The molecule has 0 heterocycles. The van der Waals surface area contributed by atoms with Crippen LogP contribution in [0.15, 0.2) is 53.4 Å². The Morgan fingerprint density at radius 3 is 2.62 bits per heavy atom. The number of carbonyl (C=O) groups excluding carboxylic acids is 1. The number of sulfonamides is 1. The summed E-state index contributed by atoms with van der Waals surface area (Å²) in [5, 5.41) is 11.0. The van der Waals surface area contributed by atoms with Gasteiger partial charge in [0, 0.05) is 23.7 Å². The van der Waals surface area contributed by atoms with E-state index in [1.807, 2.05) is 0 Å². The van der Waals surface area contributed by atoms with Crippen LogP contribution in [-0.2, 0) is 26.2 Å². The maximum absolute atomic E-state index is 12.1. The van der Waals surface area contributed by atoms with Gasteiger partial charge in [-0.15, -0.1) is 0 Å². The molecule has 138 valence electrons. The number of hydrogen-bond donors (Lipinski definition) is 1. The molecule has 0 saturated heterocycles. The van der Waals surface area contributed by atoms with Gasteiger partial charge in [0.25, 0.3) is 5.69 Å². The molecule has 0 aromatic heterocycles. The highest BCUT2D eigenvalue weighted by Gasteiger charge is 2.15. The maximum Gasteiger partial charge on any atom is 0.307 e. The molecule has 0 saturated carbocycles. The van der Waals surface area contributed by atoms with Crippen molar-refractivity contribution in [3.05, 3.63) is 69.2 Å². The fraction of sp³-hybridized carbons (Fsp3) is 0.188. The van der Waals surface area contributed by atoms with Gasteiger partial charge in [0.1, 0.15) is 6.61 Å². The van der Waals surface area contributed by atoms with Crippen LogP contribution in [0.1, 0.15) is 12.0 Å². The van der Waals surface area contributed by atoms with Crippen LogP contribution in [0.25, 0.3) is 0 Å². The molecule has 2 aromatic rings. The van der Waals surface area contributed by atoms with Crippen molar-refractivity contribution in [1.82, 2.24) is 4.72 Å². The molecular weight excluding hydrogens is 384 g/mol. The van der Waals surface area contributed by atoms with Crippen LogP contribution < -0.4 is 4.72 Å². The Kier molecular flexibility index (Phi) is 6.67. The number of non-ortho nitro benzene ring substituents is 1. The molecule has 0 aliphatic carbocycles. The number of halogens is 1. The van der Waals surface area contributed by atoms with Crippen molar-refractivity contribution in [2.24, 2.45) is 0 Å². The third-order valence-electron chi connectivity index (χ3n) is 3.25. The summed E-state index contributed by atoms with van der Waals surface area (Å²) >= 11 is 5.76. The Balaban J connectivity index is 1.82. The minimum Gasteiger partial charge on any atom is -0.461 e. The van der Waals surface area contributed by atoms with Gasteiger partial charge in [-0.1, -0.05) is 29.8 Å². The third kappa shape index (κ3) is 5.80. The summed E-state index contributed by atoms with van der Waals surface area (Å²) in [6.07, 6.45) is -0.186. The number of nitrogens with one attached hydrogen (secondary N) is 1. The fourth-order valence-electron chi connectivity index (χ4n) is 2.00. The molecule has 0 atom stereocenters. The van der Waals surface area contributed by atoms with E-state index in [9.17, 15) is 23.3 Å². The second-order valence-electron chi connectivity index (χ2n) is 5.19. The van der Waals surface area contributed by atoms with Gasteiger partial charge >= 0.3 is 5.97 Å². The van der Waals surface area contributed by atoms with Crippen LogP contribution in [0.5, 0.6) is 0 Å². The van der Waals surface area contributed by atoms with Crippen molar-refractivity contribution in [2.75, 3.05) is 6.54 Å². The normalized spacial score (nSPS) is 11.1. The molecule has 8 nitrogen and oxygen atoms in total. The first-order chi connectivity index (χ1) is 12.3. The van der Waals surface area contributed by atoms with Crippen molar-refractivity contribution in [3.8, 4) is 0 Å². The molecule has 0 amide bonds. The minimum atomic E-state index is -3.78. The molecule has 1 N–H and O–H groups in total. The first kappa shape index (κ1) is 19.8. The number of benzene rings is 2. The van der Waals surface area contributed by atoms with Crippen LogP contribution in [0.4, 0.5) is 5.69 Å². The summed E-state index contributed by atoms with van der Waals surface area (Å²) in [6, 6.07) is 11.4. The second-order valence-corrected chi connectivity index (χ2v) is 7.40. The van der Waals surface area contributed by atoms with Crippen LogP contribution in [0.2, 0.25) is 5.02 Å². The lowest BCUT2D eigenvalue weighted by Gasteiger charge is -2.08. The van der Waals surface area contributed by atoms with Crippen LogP contribution >= 0.6 is 11.6 Å². The van der Waals surface area contributed by atoms with Crippen molar-refractivity contribution in [2.45, 2.75) is 17.9 Å². The van der Waals surface area contributed by atoms with Crippen molar-refractivity contribution in [3.63, 3.8) is 0 Å². The highest BCUT2D eigenvalue weighted by atomic mass is 35.5. The molecule has 26 heavy (non-hydrogen) atoms. The summed E-state index contributed by atoms with van der Waals surface area (Å²) < 4.78 is 31.4. The fourth-order valence-corrected chi connectivity index (χ4v) is 3.33. The number of ether oxygens (including phenoxy) is 1. The SMILES string of the molecule is O=C(CCNS(=O)(=O)c1cccc(Cl)c1)OCc1cccc([N+](=O)[O-])c1. The lowest BCUT2D eigenvalue weighted by atomic mass is 10.2. The smallest absolute Gasteiger partial charge is 0.307 e. The lowest BCUT2D eigenvalue weighted by molar-refractivity contribution is -0.384. The molecule has 0 bridgehead atoms. The summed E-state index contributed by atoms with van der Waals surface area (Å²) in [4.78, 5) is 21.8. The number of nitrogens with zero attached hydrogens (tertiary/aromatic N) is 1. The topological polar surface area (TPSA) is 116 Å². The van der Waals surface area contributed by atoms with Crippen molar-refractivity contribution >= 4 is 33.3 Å². The molecule has 0 aliphatic rings. The van der Waals surface area contributed by atoms with E-state index in [0.29, 0.717) is 5.56 Å². The predicted molar refractivity (Wildman–Crippen MR) is 94.1 cm³/mol. The van der Waals surface area contributed by atoms with Gasteiger partial charge in [-0.05, 0) is 23.8 Å². The Morgan fingerprint density at radius 1 is 1.19 bits per heavy atom. The molecule has 10 heteroatoms. The van der Waals surface area contributed by atoms with Gasteiger partial charge in [-0.25, -0.2) is 13.1 Å². The quantitative estimate of drug-likeness (QED) is 0.415. The standard InChI is InChI=1S/C16H15ClN2O6S/c17-13-4-2-6-15(10-13)26(23,24)18-8-7-16(20)25-11-12-3-1-5-14(9-12)19(21)22/h1-6,9-10,18H,7-8,11H2. The van der Waals surface area contributed by atoms with Gasteiger partial charge in [0.2, 0.25) is 10.0 Å². The average Bonchev–Trinajstić information content (AvgIpc) is 2.60. The molecule has 0 unspecified atom stereocenters. The van der Waals surface area contributed by atoms with E-state index in [0.717, 1.165) is 0 Å². The number of nitro benzene ring substituents is 1. The number of nitro groups is 1. The van der Waals surface area contributed by atoms with Gasteiger partial charge < -0.3 is 4.74 Å². The molecule has 0 spiro atoms. The van der Waals surface area contributed by atoms with Gasteiger partial charge in [-0.2, -0.15) is 0 Å². The van der Waals surface area contributed by atoms with E-state index >= 15 is 0 Å². The highest BCUT2D eigenvalue weighted by Crippen LogP contribution is 2.15. The maximum atomic E-state index is 12.1. The number of rotatable bonds is 8. The Bertz CT molecular complexity index is 916. The lowest BCUT2D eigenvalue weighted by Crippen LogP contribution is -2.26. The summed E-state index contributed by atoms with van der Waals surface area (Å²) in [5.74, 6) is -0.634. The van der Waals surface area contributed by atoms with E-state index in [4.69, 9.17) is 16.3 Å². The third-order valence-corrected chi connectivity index (χ3v) is 4.94. The second kappa shape index (κ2) is 8.75. The molecule has 0 aliphatic heterocycles. The van der Waals surface area contributed by atoms with Gasteiger partial charge in [0.05, 0.1) is 16.2 Å². The van der Waals surface area contributed by atoms with Crippen molar-refractivity contribution in [1.29, 1.82) is 0 Å². The van der Waals surface area contributed by atoms with E-state index in [1.165, 1.54) is 36.4 Å². The highest BCUT2D eigenvalue weighted by molar-refractivity contribution is 7.89. The van der Waals surface area contributed by atoms with Gasteiger partial charge in [-0.3, -0.25) is 14.9 Å². The van der Waals surface area contributed by atoms with Gasteiger partial charge in [0.15, 0.2) is 0 Å². The van der Waals surface area contributed by atoms with E-state index in [1.54, 1.807) is 12.1 Å². The molecule has 0 radical (unpaired) electrons. The van der Waals surface area contributed by atoms with E-state index < -0.39 is 20.9 Å². The average molecular weight is 399 g/mol. The van der Waals surface area contributed by atoms with Crippen molar-refractivity contribution < 1.29 is 22.9 Å². The number of hydrogen-bond acceptors (Lipinski definition) is 6. The van der Waals surface area contributed by atoms with Crippen LogP contribution in [0, 0.1) is 10.1 Å². The Labute approximate surface area is 154 Å².